The van der Waals surface area contributed by atoms with Crippen molar-refractivity contribution in [1.29, 1.82) is 5.26 Å². The Bertz CT molecular complexity index is 969. The van der Waals surface area contributed by atoms with E-state index in [4.69, 9.17) is 5.26 Å². The van der Waals surface area contributed by atoms with Crippen LogP contribution in [0.15, 0.2) is 88.3 Å². The Hall–Kier alpha value is -3.85. The number of amidine groups is 1. The maximum absolute atomic E-state index is 8.96. The molecule has 3 rings (SSSR count). The van der Waals surface area contributed by atoms with Crippen LogP contribution in [0.2, 0.25) is 0 Å². The second-order valence-corrected chi connectivity index (χ2v) is 5.44. The minimum atomic E-state index is 0.392. The lowest BCUT2D eigenvalue weighted by Gasteiger charge is -2.03. The van der Waals surface area contributed by atoms with Gasteiger partial charge in [0.05, 0.1) is 17.3 Å². The van der Waals surface area contributed by atoms with Crippen LogP contribution in [0.1, 0.15) is 16.7 Å². The zero-order valence-electron chi connectivity index (χ0n) is 14.2. The molecule has 3 aromatic rings. The summed E-state index contributed by atoms with van der Waals surface area (Å²) in [6.45, 7) is 1.97. The molecule has 0 unspecified atom stereocenters. The van der Waals surface area contributed by atoms with Crippen molar-refractivity contribution in [2.75, 3.05) is 5.43 Å². The van der Waals surface area contributed by atoms with Gasteiger partial charge in [0.2, 0.25) is 5.84 Å². The lowest BCUT2D eigenvalue weighted by molar-refractivity contribution is 1.18. The molecule has 0 aliphatic heterocycles. The summed E-state index contributed by atoms with van der Waals surface area (Å²) in [5.41, 5.74) is 5.98. The van der Waals surface area contributed by atoms with E-state index in [0.29, 0.717) is 17.2 Å². The number of pyridine rings is 1. The number of rotatable bonds is 4. The Morgan fingerprint density at radius 1 is 1.00 bits per heavy atom. The molecule has 1 aromatic heterocycles. The van der Waals surface area contributed by atoms with Gasteiger partial charge in [-0.15, -0.1) is 10.2 Å². The second kappa shape index (κ2) is 8.31. The fraction of sp³-hybridized carbons (Fsp3) is 0.0500. The number of aryl methyl sites for hydroxylation is 1. The molecule has 6 nitrogen and oxygen atoms in total. The molecule has 0 saturated heterocycles. The Kier molecular flexibility index (Phi) is 5.43. The first-order valence-electron chi connectivity index (χ1n) is 7.99. The number of nitriles is 1. The SMILES string of the molecule is Cc1ccccc1N=NC(=NNc1ccccn1)c1ccc(C#N)cc1. The summed E-state index contributed by atoms with van der Waals surface area (Å²) in [4.78, 5) is 4.17. The summed E-state index contributed by atoms with van der Waals surface area (Å²) in [7, 11) is 0. The summed E-state index contributed by atoms with van der Waals surface area (Å²) in [6, 6.07) is 22.3. The topological polar surface area (TPSA) is 85.8 Å². The highest BCUT2D eigenvalue weighted by atomic mass is 15.4. The zero-order valence-corrected chi connectivity index (χ0v) is 14.2. The molecule has 0 spiro atoms. The molecule has 2 aromatic carbocycles. The molecular formula is C20H16N6. The number of aromatic nitrogens is 1. The van der Waals surface area contributed by atoms with E-state index < -0.39 is 0 Å². The summed E-state index contributed by atoms with van der Waals surface area (Å²) in [5.74, 6) is 0.994. The van der Waals surface area contributed by atoms with Gasteiger partial charge in [-0.1, -0.05) is 24.3 Å². The number of azo groups is 1. The van der Waals surface area contributed by atoms with Crippen molar-refractivity contribution in [3.63, 3.8) is 0 Å². The van der Waals surface area contributed by atoms with Crippen LogP contribution in [0.3, 0.4) is 0 Å². The Morgan fingerprint density at radius 2 is 1.77 bits per heavy atom. The number of hydrogen-bond donors (Lipinski definition) is 1. The van der Waals surface area contributed by atoms with E-state index >= 15 is 0 Å². The molecule has 0 saturated carbocycles. The van der Waals surface area contributed by atoms with Gasteiger partial charge in [-0.2, -0.15) is 10.4 Å². The van der Waals surface area contributed by atoms with Crippen molar-refractivity contribution in [3.05, 3.63) is 89.6 Å². The van der Waals surface area contributed by atoms with E-state index in [9.17, 15) is 0 Å². The minimum Gasteiger partial charge on any atom is -0.259 e. The first-order valence-corrected chi connectivity index (χ1v) is 7.99. The number of nitrogens with zero attached hydrogens (tertiary/aromatic N) is 5. The van der Waals surface area contributed by atoms with Crippen LogP contribution in [0.5, 0.6) is 0 Å². The van der Waals surface area contributed by atoms with Crippen molar-refractivity contribution in [3.8, 4) is 6.07 Å². The number of hydrazone groups is 1. The predicted octanol–water partition coefficient (Wildman–Crippen LogP) is 4.82. The van der Waals surface area contributed by atoms with E-state index in [1.54, 1.807) is 36.5 Å². The largest absolute Gasteiger partial charge is 0.259 e. The summed E-state index contributed by atoms with van der Waals surface area (Å²) in [5, 5.41) is 21.9. The van der Waals surface area contributed by atoms with E-state index in [-0.39, 0.29) is 0 Å². The fourth-order valence-corrected chi connectivity index (χ4v) is 2.15. The number of benzene rings is 2. The van der Waals surface area contributed by atoms with Gasteiger partial charge in [-0.05, 0) is 55.0 Å². The van der Waals surface area contributed by atoms with Crippen molar-refractivity contribution in [2.24, 2.45) is 15.3 Å². The average Bonchev–Trinajstić information content (AvgIpc) is 2.70. The Morgan fingerprint density at radius 3 is 2.46 bits per heavy atom. The molecule has 0 fully saturated rings. The van der Waals surface area contributed by atoms with Gasteiger partial charge in [0, 0.05) is 11.8 Å². The normalized spacial score (nSPS) is 11.3. The highest BCUT2D eigenvalue weighted by molar-refractivity contribution is 5.99. The van der Waals surface area contributed by atoms with Crippen molar-refractivity contribution >= 4 is 17.3 Å². The molecule has 0 aliphatic rings. The lowest BCUT2D eigenvalue weighted by atomic mass is 10.1. The molecule has 0 atom stereocenters. The van der Waals surface area contributed by atoms with E-state index in [1.165, 1.54) is 0 Å². The van der Waals surface area contributed by atoms with E-state index in [0.717, 1.165) is 16.8 Å². The molecule has 0 bridgehead atoms. The van der Waals surface area contributed by atoms with Crippen molar-refractivity contribution < 1.29 is 0 Å². The summed E-state index contributed by atoms with van der Waals surface area (Å²) < 4.78 is 0. The van der Waals surface area contributed by atoms with Crippen LogP contribution >= 0.6 is 0 Å². The smallest absolute Gasteiger partial charge is 0.201 e. The second-order valence-electron chi connectivity index (χ2n) is 5.44. The Balaban J connectivity index is 1.92. The van der Waals surface area contributed by atoms with Gasteiger partial charge in [-0.3, -0.25) is 5.43 Å². The fourth-order valence-electron chi connectivity index (χ4n) is 2.15. The third-order valence-corrected chi connectivity index (χ3v) is 3.58. The molecule has 126 valence electrons. The predicted molar refractivity (Wildman–Crippen MR) is 101 cm³/mol. The first kappa shape index (κ1) is 17.0. The van der Waals surface area contributed by atoms with Crippen LogP contribution in [0, 0.1) is 18.3 Å². The maximum Gasteiger partial charge on any atom is 0.201 e. The molecule has 6 heteroatoms. The number of nitrogens with one attached hydrogen (secondary N) is 1. The molecule has 26 heavy (non-hydrogen) atoms. The third kappa shape index (κ3) is 4.36. The standard InChI is InChI=1S/C20H16N6/c1-15-6-2-3-7-18(15)23-25-20(17-11-9-16(14-21)10-12-17)26-24-19-8-4-5-13-22-19/h2-13H,1H3,(H,22,24). The molecule has 0 radical (unpaired) electrons. The molecule has 0 aliphatic carbocycles. The van der Waals surface area contributed by atoms with Crippen molar-refractivity contribution in [2.45, 2.75) is 6.92 Å². The summed E-state index contributed by atoms with van der Waals surface area (Å²) >= 11 is 0. The third-order valence-electron chi connectivity index (χ3n) is 3.58. The van der Waals surface area contributed by atoms with Gasteiger partial charge in [0.25, 0.3) is 0 Å². The van der Waals surface area contributed by atoms with Crippen molar-refractivity contribution in [1.82, 2.24) is 4.98 Å². The highest BCUT2D eigenvalue weighted by Gasteiger charge is 2.04. The van der Waals surface area contributed by atoms with Crippen LogP contribution in [-0.2, 0) is 0 Å². The Labute approximate surface area is 151 Å². The zero-order chi connectivity index (χ0) is 18.2. The molecular weight excluding hydrogens is 324 g/mol. The van der Waals surface area contributed by atoms with Crippen LogP contribution in [0.4, 0.5) is 11.5 Å². The van der Waals surface area contributed by atoms with Crippen LogP contribution in [0.25, 0.3) is 0 Å². The highest BCUT2D eigenvalue weighted by Crippen LogP contribution is 2.18. The van der Waals surface area contributed by atoms with Gasteiger partial charge in [0.15, 0.2) is 0 Å². The van der Waals surface area contributed by atoms with Crippen LogP contribution < -0.4 is 5.43 Å². The number of anilines is 1. The monoisotopic (exact) mass is 340 g/mol. The van der Waals surface area contributed by atoms with Crippen LogP contribution in [-0.4, -0.2) is 10.8 Å². The molecule has 1 N–H and O–H groups in total. The van der Waals surface area contributed by atoms with Gasteiger partial charge in [0.1, 0.15) is 5.82 Å². The quantitative estimate of drug-likeness (QED) is 0.320. The molecule has 1 heterocycles. The number of hydrogen-bond acceptors (Lipinski definition) is 5. The van der Waals surface area contributed by atoms with E-state index in [2.05, 4.69) is 31.8 Å². The average molecular weight is 340 g/mol. The lowest BCUT2D eigenvalue weighted by Crippen LogP contribution is -2.02. The maximum atomic E-state index is 8.96. The molecule has 0 amide bonds. The summed E-state index contributed by atoms with van der Waals surface area (Å²) in [6.07, 6.45) is 1.67. The van der Waals surface area contributed by atoms with Gasteiger partial charge in [-0.25, -0.2) is 4.98 Å². The van der Waals surface area contributed by atoms with E-state index in [1.807, 2.05) is 43.3 Å². The first-order chi connectivity index (χ1) is 12.8. The van der Waals surface area contributed by atoms with Gasteiger partial charge >= 0.3 is 0 Å². The van der Waals surface area contributed by atoms with Gasteiger partial charge < -0.3 is 0 Å². The minimum absolute atomic E-state index is 0.392.